The Balaban J connectivity index is 2.59. The lowest BCUT2D eigenvalue weighted by Crippen LogP contribution is -1.92. The predicted octanol–water partition coefficient (Wildman–Crippen LogP) is 1.88. The molecule has 1 heteroatoms. The van der Waals surface area contributed by atoms with Crippen molar-refractivity contribution in [3.63, 3.8) is 0 Å². The molecule has 0 radical (unpaired) electrons. The molecule has 0 spiro atoms. The van der Waals surface area contributed by atoms with E-state index >= 15 is 0 Å². The monoisotopic (exact) mass is 133 g/mol. The average Bonchev–Trinajstić information content (AvgIpc) is 1.88. The van der Waals surface area contributed by atoms with Gasteiger partial charge in [-0.3, -0.25) is 0 Å². The van der Waals surface area contributed by atoms with Gasteiger partial charge in [0.15, 0.2) is 0 Å². The second-order valence-electron chi connectivity index (χ2n) is 2.83. The smallest absolute Gasteiger partial charge is 0.0414 e. The van der Waals surface area contributed by atoms with Crippen molar-refractivity contribution in [1.82, 2.24) is 4.98 Å². The zero-order valence-electron chi connectivity index (χ0n) is 6.39. The van der Waals surface area contributed by atoms with Gasteiger partial charge < -0.3 is 0 Å². The molecule has 1 nitrogen and oxygen atoms in total. The summed E-state index contributed by atoms with van der Waals surface area (Å²) in [7, 11) is 0. The molecular formula is C9H11N. The van der Waals surface area contributed by atoms with Gasteiger partial charge in [-0.25, -0.2) is 4.98 Å². The molecule has 0 saturated heterocycles. The van der Waals surface area contributed by atoms with Gasteiger partial charge in [0.2, 0.25) is 0 Å². The standard InChI is InChI=1S/C9H11N/c1-8(2)6-9-4-3-5-10-7-9/h4,7-8H,6H2,1-2H3. The third-order valence-electron chi connectivity index (χ3n) is 1.26. The van der Waals surface area contributed by atoms with Gasteiger partial charge in [-0.1, -0.05) is 13.8 Å². The lowest BCUT2D eigenvalue weighted by Gasteiger charge is -2.00. The minimum atomic E-state index is 0.692. The van der Waals surface area contributed by atoms with Gasteiger partial charge in [-0.05, 0) is 30.0 Å². The van der Waals surface area contributed by atoms with Crippen LogP contribution in [0.4, 0.5) is 0 Å². The maximum absolute atomic E-state index is 3.86. The van der Waals surface area contributed by atoms with Crippen LogP contribution in [-0.4, -0.2) is 4.98 Å². The number of nitrogens with zero attached hydrogens (tertiary/aromatic N) is 1. The molecule has 52 valence electrons. The van der Waals surface area contributed by atoms with Crippen molar-refractivity contribution < 1.29 is 0 Å². The molecule has 0 aromatic carbocycles. The Bertz CT molecular complexity index is 179. The van der Waals surface area contributed by atoms with E-state index in [-0.39, 0.29) is 0 Å². The Kier molecular flexibility index (Phi) is 2.28. The van der Waals surface area contributed by atoms with Crippen molar-refractivity contribution in [2.45, 2.75) is 20.3 Å². The minimum Gasteiger partial charge on any atom is -0.205 e. The summed E-state index contributed by atoms with van der Waals surface area (Å²) in [4.78, 5) is 3.86. The van der Waals surface area contributed by atoms with E-state index in [0.29, 0.717) is 5.92 Å². The number of hydrogen-bond donors (Lipinski definition) is 0. The molecule has 0 unspecified atom stereocenters. The van der Waals surface area contributed by atoms with Crippen molar-refractivity contribution >= 4 is 0 Å². The largest absolute Gasteiger partial charge is 0.205 e. The summed E-state index contributed by atoms with van der Waals surface area (Å²) < 4.78 is 0. The summed E-state index contributed by atoms with van der Waals surface area (Å²) >= 11 is 0. The highest BCUT2D eigenvalue weighted by molar-refractivity contribution is 5.04. The highest BCUT2D eigenvalue weighted by atomic mass is 14.6. The molecule has 1 rings (SSSR count). The van der Waals surface area contributed by atoms with Gasteiger partial charge in [-0.2, -0.15) is 0 Å². The Morgan fingerprint density at radius 2 is 2.40 bits per heavy atom. The molecule has 0 fully saturated rings. The van der Waals surface area contributed by atoms with Gasteiger partial charge >= 0.3 is 0 Å². The molecule has 0 atom stereocenters. The van der Waals surface area contributed by atoms with Crippen molar-refractivity contribution in [2.24, 2.45) is 5.92 Å². The molecule has 0 aliphatic rings. The highest BCUT2D eigenvalue weighted by Crippen LogP contribution is 2.03. The average molecular weight is 133 g/mol. The first-order chi connectivity index (χ1) is 4.79. The fourth-order valence-electron chi connectivity index (χ4n) is 0.898. The maximum Gasteiger partial charge on any atom is 0.0414 e. The summed E-state index contributed by atoms with van der Waals surface area (Å²) in [5, 5.41) is 0. The van der Waals surface area contributed by atoms with E-state index in [1.807, 2.05) is 12.3 Å². The lowest BCUT2D eigenvalue weighted by molar-refractivity contribution is 0.646. The quantitative estimate of drug-likeness (QED) is 0.600. The molecule has 10 heavy (non-hydrogen) atoms. The first-order valence-corrected chi connectivity index (χ1v) is 3.51. The van der Waals surface area contributed by atoms with Crippen molar-refractivity contribution in [3.8, 4) is 0 Å². The molecular weight excluding hydrogens is 122 g/mol. The molecule has 0 aliphatic heterocycles. The summed E-state index contributed by atoms with van der Waals surface area (Å²) in [5.41, 5.74) is 1.24. The molecule has 1 heterocycles. The van der Waals surface area contributed by atoms with Crippen LogP contribution in [-0.2, 0) is 6.42 Å². The Morgan fingerprint density at radius 1 is 1.60 bits per heavy atom. The normalized spacial score (nSPS) is 9.50. The van der Waals surface area contributed by atoms with Crippen molar-refractivity contribution in [1.29, 1.82) is 0 Å². The van der Waals surface area contributed by atoms with Crippen molar-refractivity contribution in [3.05, 3.63) is 30.1 Å². The number of aromatic nitrogens is 1. The summed E-state index contributed by atoms with van der Waals surface area (Å²) in [6.45, 7) is 4.38. The van der Waals surface area contributed by atoms with E-state index in [9.17, 15) is 0 Å². The SMILES string of the molecule is CC(C)Cc1cc#cnc1. The van der Waals surface area contributed by atoms with Gasteiger partial charge in [0.1, 0.15) is 0 Å². The van der Waals surface area contributed by atoms with Crippen molar-refractivity contribution in [2.75, 3.05) is 0 Å². The van der Waals surface area contributed by atoms with Gasteiger partial charge in [0.05, 0.1) is 0 Å². The fraction of sp³-hybridized carbons (Fsp3) is 0.444. The van der Waals surface area contributed by atoms with E-state index < -0.39 is 0 Å². The molecule has 0 amide bonds. The lowest BCUT2D eigenvalue weighted by atomic mass is 10.1. The molecule has 0 bridgehead atoms. The summed E-state index contributed by atoms with van der Waals surface area (Å²) in [6.07, 6.45) is 5.56. The first kappa shape index (κ1) is 7.08. The molecule has 1 aromatic rings. The van der Waals surface area contributed by atoms with Crippen LogP contribution in [0.1, 0.15) is 19.4 Å². The van der Waals surface area contributed by atoms with Crippen LogP contribution in [0.15, 0.2) is 12.3 Å². The second-order valence-corrected chi connectivity index (χ2v) is 2.83. The summed E-state index contributed by atoms with van der Waals surface area (Å²) in [6, 6.07) is 4.77. The zero-order valence-corrected chi connectivity index (χ0v) is 6.39. The van der Waals surface area contributed by atoms with E-state index in [1.165, 1.54) is 5.56 Å². The van der Waals surface area contributed by atoms with Crippen LogP contribution in [0.3, 0.4) is 0 Å². The molecule has 0 aliphatic carbocycles. The number of hydrogen-bond acceptors (Lipinski definition) is 1. The van der Waals surface area contributed by atoms with Crippen LogP contribution < -0.4 is 0 Å². The minimum absolute atomic E-state index is 0.692. The Morgan fingerprint density at radius 3 is 2.90 bits per heavy atom. The Labute approximate surface area is 62.1 Å². The second kappa shape index (κ2) is 3.22. The third-order valence-corrected chi connectivity index (χ3v) is 1.26. The molecule has 0 N–H and O–H groups in total. The van der Waals surface area contributed by atoms with Gasteiger partial charge in [0.25, 0.3) is 0 Å². The van der Waals surface area contributed by atoms with Crippen LogP contribution in [0.2, 0.25) is 0 Å². The number of rotatable bonds is 2. The highest BCUT2D eigenvalue weighted by Gasteiger charge is 1.94. The van der Waals surface area contributed by atoms with Gasteiger partial charge in [-0.15, -0.1) is 0 Å². The topological polar surface area (TPSA) is 12.9 Å². The predicted molar refractivity (Wildman–Crippen MR) is 40.5 cm³/mol. The molecule has 0 saturated carbocycles. The van der Waals surface area contributed by atoms with E-state index in [2.05, 4.69) is 31.1 Å². The third kappa shape index (κ3) is 2.06. The summed E-state index contributed by atoms with van der Waals surface area (Å²) in [5.74, 6) is 0.692. The fourth-order valence-corrected chi connectivity index (χ4v) is 0.898. The van der Waals surface area contributed by atoms with Crippen LogP contribution in [0.5, 0.6) is 0 Å². The van der Waals surface area contributed by atoms with E-state index in [1.54, 1.807) is 0 Å². The van der Waals surface area contributed by atoms with Crippen LogP contribution >= 0.6 is 0 Å². The van der Waals surface area contributed by atoms with Crippen LogP contribution in [0, 0.1) is 18.2 Å². The van der Waals surface area contributed by atoms with E-state index in [4.69, 9.17) is 0 Å². The molecule has 1 aromatic heterocycles. The van der Waals surface area contributed by atoms with E-state index in [0.717, 1.165) is 6.42 Å². The van der Waals surface area contributed by atoms with Crippen LogP contribution in [0.25, 0.3) is 0 Å². The first-order valence-electron chi connectivity index (χ1n) is 3.51. The van der Waals surface area contributed by atoms with Gasteiger partial charge in [0, 0.05) is 12.4 Å². The maximum atomic E-state index is 3.86. The Hall–Kier alpha value is -1.03. The zero-order chi connectivity index (χ0) is 7.40.